The summed E-state index contributed by atoms with van der Waals surface area (Å²) in [6.45, 7) is 2.08. The summed E-state index contributed by atoms with van der Waals surface area (Å²) >= 11 is 0. The second kappa shape index (κ2) is 4.49. The van der Waals surface area contributed by atoms with Gasteiger partial charge >= 0.3 is 0 Å². The molecule has 16 heavy (non-hydrogen) atoms. The molecule has 0 saturated heterocycles. The standard InChI is InChI=1S/C13H16N2O/c1-15-8-2-3-12(9-15)10-4-6-11(7-5-10)13(14)16/h3-7H,2,8-9H2,1H3,(H2,14,16). The molecule has 3 heteroatoms. The van der Waals surface area contributed by atoms with Crippen LogP contribution in [-0.2, 0) is 0 Å². The number of likely N-dealkylation sites (N-methyl/N-ethyl adjacent to an activating group) is 1. The van der Waals surface area contributed by atoms with E-state index in [0.29, 0.717) is 5.56 Å². The Hall–Kier alpha value is -1.61. The Morgan fingerprint density at radius 2 is 2.00 bits per heavy atom. The Morgan fingerprint density at radius 1 is 1.31 bits per heavy atom. The lowest BCUT2D eigenvalue weighted by Crippen LogP contribution is -2.24. The minimum atomic E-state index is -0.374. The topological polar surface area (TPSA) is 46.3 Å². The molecule has 1 aliphatic rings. The number of hydrogen-bond acceptors (Lipinski definition) is 2. The molecule has 0 radical (unpaired) electrons. The van der Waals surface area contributed by atoms with Gasteiger partial charge in [-0.3, -0.25) is 4.79 Å². The molecule has 2 N–H and O–H groups in total. The highest BCUT2D eigenvalue weighted by molar-refractivity contribution is 5.93. The Labute approximate surface area is 95.6 Å². The van der Waals surface area contributed by atoms with Gasteiger partial charge in [-0.2, -0.15) is 0 Å². The zero-order chi connectivity index (χ0) is 11.5. The van der Waals surface area contributed by atoms with Gasteiger partial charge in [-0.15, -0.1) is 0 Å². The van der Waals surface area contributed by atoms with Crippen molar-refractivity contribution < 1.29 is 4.79 Å². The second-order valence-corrected chi connectivity index (χ2v) is 4.20. The highest BCUT2D eigenvalue weighted by Gasteiger charge is 2.10. The minimum absolute atomic E-state index is 0.374. The van der Waals surface area contributed by atoms with Crippen molar-refractivity contribution in [2.75, 3.05) is 20.1 Å². The maximum absolute atomic E-state index is 10.9. The van der Waals surface area contributed by atoms with E-state index in [-0.39, 0.29) is 5.91 Å². The van der Waals surface area contributed by atoms with Gasteiger partial charge in [-0.05, 0) is 36.7 Å². The van der Waals surface area contributed by atoms with Crippen LogP contribution in [0.2, 0.25) is 0 Å². The van der Waals surface area contributed by atoms with E-state index in [0.717, 1.165) is 19.5 Å². The lowest BCUT2D eigenvalue weighted by Gasteiger charge is -2.23. The van der Waals surface area contributed by atoms with Crippen molar-refractivity contribution in [3.05, 3.63) is 41.5 Å². The number of primary amides is 1. The predicted octanol–water partition coefficient (Wildman–Crippen LogP) is 1.50. The lowest BCUT2D eigenvalue weighted by molar-refractivity contribution is 0.100. The smallest absolute Gasteiger partial charge is 0.248 e. The fourth-order valence-electron chi connectivity index (χ4n) is 1.95. The van der Waals surface area contributed by atoms with Gasteiger partial charge in [0, 0.05) is 18.7 Å². The molecule has 0 atom stereocenters. The van der Waals surface area contributed by atoms with Crippen LogP contribution in [0.4, 0.5) is 0 Å². The van der Waals surface area contributed by atoms with Gasteiger partial charge in [-0.1, -0.05) is 18.2 Å². The molecule has 0 saturated carbocycles. The molecule has 1 heterocycles. The summed E-state index contributed by atoms with van der Waals surface area (Å²) in [5, 5.41) is 0. The molecular formula is C13H16N2O. The molecule has 0 bridgehead atoms. The third kappa shape index (κ3) is 2.31. The quantitative estimate of drug-likeness (QED) is 0.814. The van der Waals surface area contributed by atoms with Gasteiger partial charge in [0.05, 0.1) is 0 Å². The molecular weight excluding hydrogens is 200 g/mol. The van der Waals surface area contributed by atoms with E-state index in [1.54, 1.807) is 12.1 Å². The van der Waals surface area contributed by atoms with E-state index in [4.69, 9.17) is 5.73 Å². The number of rotatable bonds is 2. The highest BCUT2D eigenvalue weighted by atomic mass is 16.1. The van der Waals surface area contributed by atoms with Crippen LogP contribution in [0.15, 0.2) is 30.3 Å². The molecule has 1 aromatic rings. The van der Waals surface area contributed by atoms with Crippen molar-refractivity contribution in [3.63, 3.8) is 0 Å². The molecule has 0 aliphatic carbocycles. The number of nitrogens with two attached hydrogens (primary N) is 1. The van der Waals surface area contributed by atoms with Crippen LogP contribution in [0.25, 0.3) is 5.57 Å². The fraction of sp³-hybridized carbons (Fsp3) is 0.308. The average Bonchev–Trinajstić information content (AvgIpc) is 2.29. The second-order valence-electron chi connectivity index (χ2n) is 4.20. The van der Waals surface area contributed by atoms with Gasteiger partial charge in [0.2, 0.25) is 5.91 Å². The van der Waals surface area contributed by atoms with E-state index in [9.17, 15) is 4.79 Å². The number of benzene rings is 1. The third-order valence-corrected chi connectivity index (χ3v) is 2.88. The lowest BCUT2D eigenvalue weighted by atomic mass is 10.00. The van der Waals surface area contributed by atoms with Crippen LogP contribution in [0.1, 0.15) is 22.3 Å². The van der Waals surface area contributed by atoms with Gasteiger partial charge < -0.3 is 10.6 Å². The number of hydrogen-bond donors (Lipinski definition) is 1. The first kappa shape index (κ1) is 10.9. The molecule has 84 valence electrons. The summed E-state index contributed by atoms with van der Waals surface area (Å²) in [7, 11) is 2.12. The normalized spacial score (nSPS) is 16.9. The largest absolute Gasteiger partial charge is 0.366 e. The summed E-state index contributed by atoms with van der Waals surface area (Å²) < 4.78 is 0. The first-order valence-corrected chi connectivity index (χ1v) is 5.44. The van der Waals surface area contributed by atoms with Crippen molar-refractivity contribution in [3.8, 4) is 0 Å². The summed E-state index contributed by atoms with van der Waals surface area (Å²) in [6, 6.07) is 7.50. The number of nitrogens with zero attached hydrogens (tertiary/aromatic N) is 1. The first-order valence-electron chi connectivity index (χ1n) is 5.44. The van der Waals surface area contributed by atoms with E-state index >= 15 is 0 Å². The summed E-state index contributed by atoms with van der Waals surface area (Å²) in [5.74, 6) is -0.374. The Morgan fingerprint density at radius 3 is 2.56 bits per heavy atom. The Kier molecular flexibility index (Phi) is 3.06. The molecule has 0 aromatic heterocycles. The van der Waals surface area contributed by atoms with Gasteiger partial charge in [-0.25, -0.2) is 0 Å². The van der Waals surface area contributed by atoms with E-state index in [2.05, 4.69) is 18.0 Å². The molecule has 0 unspecified atom stereocenters. The highest BCUT2D eigenvalue weighted by Crippen LogP contribution is 2.20. The monoisotopic (exact) mass is 216 g/mol. The van der Waals surface area contributed by atoms with Gasteiger partial charge in [0.15, 0.2) is 0 Å². The zero-order valence-corrected chi connectivity index (χ0v) is 9.44. The van der Waals surface area contributed by atoms with Crippen molar-refractivity contribution in [2.45, 2.75) is 6.42 Å². The predicted molar refractivity (Wildman–Crippen MR) is 65.1 cm³/mol. The number of amides is 1. The maximum Gasteiger partial charge on any atom is 0.248 e. The van der Waals surface area contributed by atoms with E-state index < -0.39 is 0 Å². The number of carbonyl (C=O) groups is 1. The van der Waals surface area contributed by atoms with E-state index in [1.165, 1.54) is 11.1 Å². The van der Waals surface area contributed by atoms with Crippen molar-refractivity contribution in [1.29, 1.82) is 0 Å². The molecule has 2 rings (SSSR count). The van der Waals surface area contributed by atoms with Crippen LogP contribution in [-0.4, -0.2) is 30.9 Å². The summed E-state index contributed by atoms with van der Waals surface area (Å²) in [5.41, 5.74) is 8.27. The summed E-state index contributed by atoms with van der Waals surface area (Å²) in [4.78, 5) is 13.2. The summed E-state index contributed by atoms with van der Waals surface area (Å²) in [6.07, 6.45) is 3.35. The minimum Gasteiger partial charge on any atom is -0.366 e. The van der Waals surface area contributed by atoms with Crippen molar-refractivity contribution >= 4 is 11.5 Å². The van der Waals surface area contributed by atoms with Crippen molar-refractivity contribution in [2.24, 2.45) is 5.73 Å². The van der Waals surface area contributed by atoms with Crippen LogP contribution in [0, 0.1) is 0 Å². The Balaban J connectivity index is 2.21. The zero-order valence-electron chi connectivity index (χ0n) is 9.44. The number of carbonyl (C=O) groups excluding carboxylic acids is 1. The molecule has 0 spiro atoms. The van der Waals surface area contributed by atoms with Crippen molar-refractivity contribution in [1.82, 2.24) is 4.90 Å². The first-order chi connectivity index (χ1) is 7.66. The average molecular weight is 216 g/mol. The van der Waals surface area contributed by atoms with Crippen LogP contribution in [0.3, 0.4) is 0 Å². The SMILES string of the molecule is CN1CCC=C(c2ccc(C(N)=O)cc2)C1. The molecule has 1 aromatic carbocycles. The van der Waals surface area contributed by atoms with Gasteiger partial charge in [0.25, 0.3) is 0 Å². The van der Waals surface area contributed by atoms with E-state index in [1.807, 2.05) is 12.1 Å². The van der Waals surface area contributed by atoms with Crippen LogP contribution in [0.5, 0.6) is 0 Å². The van der Waals surface area contributed by atoms with Crippen LogP contribution < -0.4 is 5.73 Å². The molecule has 1 aliphatic heterocycles. The third-order valence-electron chi connectivity index (χ3n) is 2.88. The molecule has 1 amide bonds. The van der Waals surface area contributed by atoms with Gasteiger partial charge in [0.1, 0.15) is 0 Å². The maximum atomic E-state index is 10.9. The van der Waals surface area contributed by atoms with Crippen LogP contribution >= 0.6 is 0 Å². The fourth-order valence-corrected chi connectivity index (χ4v) is 1.95. The Bertz CT molecular complexity index is 420. The molecule has 0 fully saturated rings. The molecule has 3 nitrogen and oxygen atoms in total.